The number of hydrogen-bond acceptors (Lipinski definition) is 4. The van der Waals surface area contributed by atoms with Crippen molar-refractivity contribution in [2.24, 2.45) is 0 Å². The van der Waals surface area contributed by atoms with Crippen LogP contribution in [0.15, 0.2) is 0 Å². The van der Waals surface area contributed by atoms with Crippen LogP contribution in [0.3, 0.4) is 0 Å². The summed E-state index contributed by atoms with van der Waals surface area (Å²) < 4.78 is 4.88. The highest BCUT2D eigenvalue weighted by Crippen LogP contribution is 1.82. The number of ether oxygens (including phenoxy) is 1. The fourth-order valence-corrected chi connectivity index (χ4v) is 1.00. The van der Waals surface area contributed by atoms with E-state index in [2.05, 4.69) is 10.6 Å². The zero-order chi connectivity index (χ0) is 11.5. The molecule has 0 bridgehead atoms. The summed E-state index contributed by atoms with van der Waals surface area (Å²) in [7, 11) is 5.59. The average Bonchev–Trinajstić information content (AvgIpc) is 2.20. The minimum Gasteiger partial charge on any atom is -0.383 e. The quantitative estimate of drug-likeness (QED) is 0.501. The first-order chi connectivity index (χ1) is 7.16. The highest BCUT2D eigenvalue weighted by atomic mass is 16.5. The van der Waals surface area contributed by atoms with E-state index in [1.807, 2.05) is 19.0 Å². The largest absolute Gasteiger partial charge is 0.383 e. The van der Waals surface area contributed by atoms with E-state index in [1.165, 1.54) is 0 Å². The van der Waals surface area contributed by atoms with Gasteiger partial charge in [0.05, 0.1) is 6.61 Å². The molecule has 2 N–H and O–H groups in total. The van der Waals surface area contributed by atoms with E-state index < -0.39 is 0 Å². The molecule has 0 aliphatic rings. The Labute approximate surface area is 92.2 Å². The lowest BCUT2D eigenvalue weighted by atomic mass is 10.4. The number of rotatable bonds is 9. The third-order valence-electron chi connectivity index (χ3n) is 1.89. The van der Waals surface area contributed by atoms with Gasteiger partial charge in [0.2, 0.25) is 5.91 Å². The van der Waals surface area contributed by atoms with Crippen molar-refractivity contribution < 1.29 is 9.53 Å². The molecule has 0 heterocycles. The molecule has 5 nitrogen and oxygen atoms in total. The summed E-state index contributed by atoms with van der Waals surface area (Å²) in [6, 6.07) is 0. The van der Waals surface area contributed by atoms with Crippen LogP contribution >= 0.6 is 0 Å². The van der Waals surface area contributed by atoms with Gasteiger partial charge < -0.3 is 20.3 Å². The second kappa shape index (κ2) is 9.89. The molecule has 0 aromatic carbocycles. The zero-order valence-electron chi connectivity index (χ0n) is 10.0. The summed E-state index contributed by atoms with van der Waals surface area (Å²) in [5.74, 6) is 0.109. The Morgan fingerprint density at radius 3 is 2.60 bits per heavy atom. The maximum Gasteiger partial charge on any atom is 0.221 e. The van der Waals surface area contributed by atoms with Crippen LogP contribution in [0, 0.1) is 0 Å². The van der Waals surface area contributed by atoms with E-state index in [0.717, 1.165) is 19.6 Å². The molecule has 0 aromatic rings. The second-order valence-electron chi connectivity index (χ2n) is 3.65. The van der Waals surface area contributed by atoms with Crippen molar-refractivity contribution in [2.75, 3.05) is 54.0 Å². The SMILES string of the molecule is COCCNCCNC(=O)CCN(C)C. The number of methoxy groups -OCH3 is 1. The summed E-state index contributed by atoms with van der Waals surface area (Å²) in [6.07, 6.45) is 0.561. The second-order valence-corrected chi connectivity index (χ2v) is 3.65. The number of carbonyl (C=O) groups is 1. The third-order valence-corrected chi connectivity index (χ3v) is 1.89. The molecule has 0 aliphatic heterocycles. The van der Waals surface area contributed by atoms with Crippen LogP contribution in [0.4, 0.5) is 0 Å². The van der Waals surface area contributed by atoms with Crippen molar-refractivity contribution in [3.8, 4) is 0 Å². The standard InChI is InChI=1S/C10H23N3O2/c1-13(2)8-4-10(14)12-6-5-11-7-9-15-3/h11H,4-9H2,1-3H3,(H,12,14). The summed E-state index contributed by atoms with van der Waals surface area (Å²) >= 11 is 0. The molecule has 0 spiro atoms. The van der Waals surface area contributed by atoms with Crippen LogP contribution in [0.5, 0.6) is 0 Å². The zero-order valence-corrected chi connectivity index (χ0v) is 10.0. The molecule has 0 radical (unpaired) electrons. The highest BCUT2D eigenvalue weighted by Gasteiger charge is 2.00. The molecule has 0 unspecified atom stereocenters. The number of nitrogens with zero attached hydrogens (tertiary/aromatic N) is 1. The molecular formula is C10H23N3O2. The normalized spacial score (nSPS) is 10.7. The molecule has 5 heteroatoms. The fourth-order valence-electron chi connectivity index (χ4n) is 1.00. The van der Waals surface area contributed by atoms with Crippen LogP contribution in [0.1, 0.15) is 6.42 Å². The first-order valence-corrected chi connectivity index (χ1v) is 5.28. The number of carbonyl (C=O) groups excluding carboxylic acids is 1. The average molecular weight is 217 g/mol. The Balaban J connectivity index is 3.17. The van der Waals surface area contributed by atoms with Crippen molar-refractivity contribution in [3.63, 3.8) is 0 Å². The minimum atomic E-state index is 0.109. The van der Waals surface area contributed by atoms with E-state index in [1.54, 1.807) is 7.11 Å². The van der Waals surface area contributed by atoms with Gasteiger partial charge in [-0.15, -0.1) is 0 Å². The first kappa shape index (κ1) is 14.3. The predicted molar refractivity (Wildman–Crippen MR) is 60.9 cm³/mol. The molecule has 0 atom stereocenters. The lowest BCUT2D eigenvalue weighted by Gasteiger charge is -2.09. The molecule has 0 rings (SSSR count). The third kappa shape index (κ3) is 11.3. The Hall–Kier alpha value is -0.650. The Morgan fingerprint density at radius 1 is 1.27 bits per heavy atom. The molecule has 0 aliphatic carbocycles. The van der Waals surface area contributed by atoms with Crippen molar-refractivity contribution in [3.05, 3.63) is 0 Å². The Kier molecular flexibility index (Phi) is 9.46. The minimum absolute atomic E-state index is 0.109. The van der Waals surface area contributed by atoms with E-state index in [-0.39, 0.29) is 5.91 Å². The monoisotopic (exact) mass is 217 g/mol. The summed E-state index contributed by atoms with van der Waals surface area (Å²) in [5.41, 5.74) is 0. The van der Waals surface area contributed by atoms with Crippen LogP contribution in [0.25, 0.3) is 0 Å². The lowest BCUT2D eigenvalue weighted by Crippen LogP contribution is -2.34. The highest BCUT2D eigenvalue weighted by molar-refractivity contribution is 5.76. The smallest absolute Gasteiger partial charge is 0.221 e. The molecule has 90 valence electrons. The maximum absolute atomic E-state index is 11.2. The maximum atomic E-state index is 11.2. The van der Waals surface area contributed by atoms with Crippen molar-refractivity contribution in [1.29, 1.82) is 0 Å². The molecule has 15 heavy (non-hydrogen) atoms. The van der Waals surface area contributed by atoms with Gasteiger partial charge in [0.25, 0.3) is 0 Å². The van der Waals surface area contributed by atoms with Gasteiger partial charge in [-0.2, -0.15) is 0 Å². The van der Waals surface area contributed by atoms with Gasteiger partial charge in [0.1, 0.15) is 0 Å². The van der Waals surface area contributed by atoms with Gasteiger partial charge in [-0.25, -0.2) is 0 Å². The van der Waals surface area contributed by atoms with E-state index >= 15 is 0 Å². The molecule has 0 saturated carbocycles. The van der Waals surface area contributed by atoms with E-state index in [9.17, 15) is 4.79 Å². The Morgan fingerprint density at radius 2 is 2.00 bits per heavy atom. The molecule has 1 amide bonds. The molecular weight excluding hydrogens is 194 g/mol. The molecule has 0 aromatic heterocycles. The summed E-state index contributed by atoms with van der Waals surface area (Å²) in [4.78, 5) is 13.2. The van der Waals surface area contributed by atoms with Crippen LogP contribution in [-0.2, 0) is 9.53 Å². The van der Waals surface area contributed by atoms with Gasteiger partial charge in [-0.05, 0) is 14.1 Å². The van der Waals surface area contributed by atoms with Gasteiger partial charge in [-0.1, -0.05) is 0 Å². The van der Waals surface area contributed by atoms with Crippen LogP contribution < -0.4 is 10.6 Å². The predicted octanol–water partition coefficient (Wildman–Crippen LogP) is -0.710. The fraction of sp³-hybridized carbons (Fsp3) is 0.900. The van der Waals surface area contributed by atoms with Crippen LogP contribution in [-0.4, -0.2) is 64.8 Å². The Bertz CT molecular complexity index is 163. The van der Waals surface area contributed by atoms with Crippen LogP contribution in [0.2, 0.25) is 0 Å². The molecule has 0 fully saturated rings. The first-order valence-electron chi connectivity index (χ1n) is 5.28. The van der Waals surface area contributed by atoms with Crippen molar-refractivity contribution in [1.82, 2.24) is 15.5 Å². The molecule has 0 saturated heterocycles. The summed E-state index contributed by atoms with van der Waals surface area (Å²) in [6.45, 7) is 3.79. The van der Waals surface area contributed by atoms with Gasteiger partial charge >= 0.3 is 0 Å². The van der Waals surface area contributed by atoms with Crippen molar-refractivity contribution in [2.45, 2.75) is 6.42 Å². The van der Waals surface area contributed by atoms with Gasteiger partial charge in [-0.3, -0.25) is 4.79 Å². The van der Waals surface area contributed by atoms with E-state index in [4.69, 9.17) is 4.74 Å². The number of amides is 1. The summed E-state index contributed by atoms with van der Waals surface area (Å²) in [5, 5.41) is 6.00. The van der Waals surface area contributed by atoms with Gasteiger partial charge in [0.15, 0.2) is 0 Å². The number of hydrogen-bond donors (Lipinski definition) is 2. The van der Waals surface area contributed by atoms with Gasteiger partial charge in [0, 0.05) is 39.7 Å². The topological polar surface area (TPSA) is 53.6 Å². The van der Waals surface area contributed by atoms with E-state index in [0.29, 0.717) is 19.6 Å². The number of nitrogens with one attached hydrogen (secondary N) is 2. The van der Waals surface area contributed by atoms with Crippen molar-refractivity contribution >= 4 is 5.91 Å². The lowest BCUT2D eigenvalue weighted by molar-refractivity contribution is -0.121.